The summed E-state index contributed by atoms with van der Waals surface area (Å²) < 4.78 is 23.9. The Morgan fingerprint density at radius 1 is 1.32 bits per heavy atom. The van der Waals surface area contributed by atoms with Crippen LogP contribution in [-0.2, 0) is 19.4 Å². The van der Waals surface area contributed by atoms with Crippen LogP contribution >= 0.6 is 0 Å². The lowest BCUT2D eigenvalue weighted by atomic mass is 10.0. The second-order valence-corrected chi connectivity index (χ2v) is 7.60. The molecule has 1 fully saturated rings. The van der Waals surface area contributed by atoms with Gasteiger partial charge in [0.05, 0.1) is 5.75 Å². The summed E-state index contributed by atoms with van der Waals surface area (Å²) >= 11 is 0. The Labute approximate surface area is 113 Å². The number of carbonyl (C=O) groups excluding carboxylic acids is 1. The summed E-state index contributed by atoms with van der Waals surface area (Å²) in [7, 11) is -3.45. The number of aliphatic carboxylic acids is 1. The van der Waals surface area contributed by atoms with E-state index in [1.165, 1.54) is 13.8 Å². The first kappa shape index (κ1) is 15.9. The lowest BCUT2D eigenvalue weighted by Crippen LogP contribution is -2.57. The van der Waals surface area contributed by atoms with Gasteiger partial charge in [0.25, 0.3) is 0 Å². The minimum Gasteiger partial charge on any atom is -0.480 e. The highest BCUT2D eigenvalue weighted by Crippen LogP contribution is 2.25. The van der Waals surface area contributed by atoms with Crippen molar-refractivity contribution in [2.75, 3.05) is 12.3 Å². The lowest BCUT2D eigenvalue weighted by molar-refractivity contribution is -0.156. The van der Waals surface area contributed by atoms with Gasteiger partial charge in [-0.3, -0.25) is 4.79 Å². The first-order valence-corrected chi connectivity index (χ1v) is 8.12. The summed E-state index contributed by atoms with van der Waals surface area (Å²) in [5.41, 5.74) is -1.40. The topological polar surface area (TPSA) is 91.8 Å². The molecule has 0 spiro atoms. The van der Waals surface area contributed by atoms with Crippen LogP contribution < -0.4 is 0 Å². The number of carbonyl (C=O) groups is 2. The summed E-state index contributed by atoms with van der Waals surface area (Å²) in [5.74, 6) is -1.72. The fraction of sp³-hybridized carbons (Fsp3) is 0.833. The van der Waals surface area contributed by atoms with Crippen molar-refractivity contribution in [1.82, 2.24) is 4.90 Å². The molecule has 7 heteroatoms. The zero-order valence-corrected chi connectivity index (χ0v) is 12.4. The molecule has 1 N–H and O–H groups in total. The maximum Gasteiger partial charge on any atom is 0.329 e. The van der Waals surface area contributed by atoms with Gasteiger partial charge in [-0.15, -0.1) is 0 Å². The summed E-state index contributed by atoms with van der Waals surface area (Å²) in [6.45, 7) is 4.64. The predicted molar refractivity (Wildman–Crippen MR) is 70.5 cm³/mol. The second kappa shape index (κ2) is 5.48. The average molecular weight is 291 g/mol. The smallest absolute Gasteiger partial charge is 0.329 e. The standard InChI is InChI=1S/C12H21NO5S/c1-4-13(12(2,3)11(15)16)10(14)9-7-5-6-8-19(9,17)18/h9H,4-8H2,1-3H3,(H,15,16). The molecule has 1 heterocycles. The summed E-state index contributed by atoms with van der Waals surface area (Å²) in [6, 6.07) is 0. The number of carboxylic acid groups (broad SMARTS) is 1. The molecular weight excluding hydrogens is 270 g/mol. The summed E-state index contributed by atoms with van der Waals surface area (Å²) in [4.78, 5) is 24.7. The van der Waals surface area contributed by atoms with Gasteiger partial charge in [-0.05, 0) is 33.6 Å². The summed E-state index contributed by atoms with van der Waals surface area (Å²) in [5, 5.41) is 8.09. The molecule has 19 heavy (non-hydrogen) atoms. The van der Waals surface area contributed by atoms with E-state index in [0.717, 1.165) is 4.90 Å². The van der Waals surface area contributed by atoms with E-state index in [1.54, 1.807) is 6.92 Å². The number of nitrogens with zero attached hydrogens (tertiary/aromatic N) is 1. The van der Waals surface area contributed by atoms with Crippen molar-refractivity contribution in [1.29, 1.82) is 0 Å². The Kier molecular flexibility index (Phi) is 4.60. The van der Waals surface area contributed by atoms with Gasteiger partial charge in [-0.1, -0.05) is 6.42 Å². The molecule has 1 aliphatic rings. The zero-order valence-electron chi connectivity index (χ0n) is 11.5. The molecule has 1 saturated heterocycles. The zero-order chi connectivity index (χ0) is 14.8. The van der Waals surface area contributed by atoms with Crippen molar-refractivity contribution in [2.24, 2.45) is 0 Å². The van der Waals surface area contributed by atoms with Gasteiger partial charge < -0.3 is 10.0 Å². The molecule has 0 aliphatic carbocycles. The van der Waals surface area contributed by atoms with Crippen LogP contribution in [0.2, 0.25) is 0 Å². The molecule has 0 aromatic rings. The minimum absolute atomic E-state index is 0.00839. The van der Waals surface area contributed by atoms with Crippen LogP contribution in [0, 0.1) is 0 Å². The van der Waals surface area contributed by atoms with E-state index in [-0.39, 0.29) is 18.7 Å². The Hall–Kier alpha value is -1.11. The predicted octanol–water partition coefficient (Wildman–Crippen LogP) is 0.665. The second-order valence-electron chi connectivity index (χ2n) is 5.30. The van der Waals surface area contributed by atoms with Crippen LogP contribution in [0.25, 0.3) is 0 Å². The van der Waals surface area contributed by atoms with Crippen molar-refractivity contribution >= 4 is 21.7 Å². The molecule has 110 valence electrons. The Morgan fingerprint density at radius 2 is 1.89 bits per heavy atom. The number of hydrogen-bond acceptors (Lipinski definition) is 4. The average Bonchev–Trinajstić information content (AvgIpc) is 2.28. The van der Waals surface area contributed by atoms with E-state index >= 15 is 0 Å². The van der Waals surface area contributed by atoms with Gasteiger partial charge in [0.1, 0.15) is 10.8 Å². The van der Waals surface area contributed by atoms with Gasteiger partial charge in [-0.25, -0.2) is 13.2 Å². The third-order valence-electron chi connectivity index (χ3n) is 3.63. The van der Waals surface area contributed by atoms with Crippen molar-refractivity contribution < 1.29 is 23.1 Å². The molecule has 0 bridgehead atoms. The molecule has 0 saturated carbocycles. The number of hydrogen-bond donors (Lipinski definition) is 1. The van der Waals surface area contributed by atoms with Crippen molar-refractivity contribution in [3.8, 4) is 0 Å². The van der Waals surface area contributed by atoms with Crippen LogP contribution in [0.3, 0.4) is 0 Å². The van der Waals surface area contributed by atoms with E-state index < -0.39 is 32.5 Å². The molecule has 1 unspecified atom stereocenters. The SMILES string of the molecule is CCN(C(=O)C1CCCCS1(=O)=O)C(C)(C)C(=O)O. The highest BCUT2D eigenvalue weighted by Gasteiger charge is 2.44. The fourth-order valence-electron chi connectivity index (χ4n) is 2.35. The number of carboxylic acids is 1. The summed E-state index contributed by atoms with van der Waals surface area (Å²) in [6.07, 6.45) is 1.54. The van der Waals surface area contributed by atoms with Gasteiger partial charge in [0, 0.05) is 6.54 Å². The molecule has 6 nitrogen and oxygen atoms in total. The minimum atomic E-state index is -3.45. The fourth-order valence-corrected chi connectivity index (χ4v) is 4.20. The highest BCUT2D eigenvalue weighted by molar-refractivity contribution is 7.92. The largest absolute Gasteiger partial charge is 0.480 e. The van der Waals surface area contributed by atoms with Crippen LogP contribution in [0.1, 0.15) is 40.0 Å². The van der Waals surface area contributed by atoms with Gasteiger partial charge in [0.2, 0.25) is 5.91 Å². The first-order valence-electron chi connectivity index (χ1n) is 6.41. The Morgan fingerprint density at radius 3 is 2.32 bits per heavy atom. The van der Waals surface area contributed by atoms with E-state index in [4.69, 9.17) is 0 Å². The van der Waals surface area contributed by atoms with Gasteiger partial charge >= 0.3 is 5.97 Å². The third kappa shape index (κ3) is 3.08. The third-order valence-corrected chi connectivity index (χ3v) is 5.80. The van der Waals surface area contributed by atoms with E-state index in [1.807, 2.05) is 0 Å². The highest BCUT2D eigenvalue weighted by atomic mass is 32.2. The molecule has 1 rings (SSSR count). The lowest BCUT2D eigenvalue weighted by Gasteiger charge is -2.37. The monoisotopic (exact) mass is 291 g/mol. The van der Waals surface area contributed by atoms with Crippen LogP contribution in [-0.4, -0.2) is 53.4 Å². The Balaban J connectivity index is 3.06. The maximum absolute atomic E-state index is 12.4. The van der Waals surface area contributed by atoms with Crippen molar-refractivity contribution in [2.45, 2.75) is 50.8 Å². The molecule has 1 aliphatic heterocycles. The van der Waals surface area contributed by atoms with Crippen LogP contribution in [0.15, 0.2) is 0 Å². The Bertz CT molecular complexity index is 469. The molecule has 0 radical (unpaired) electrons. The van der Waals surface area contributed by atoms with E-state index in [0.29, 0.717) is 12.8 Å². The number of rotatable bonds is 4. The number of sulfone groups is 1. The molecular formula is C12H21NO5S. The molecule has 1 amide bonds. The molecule has 0 aromatic heterocycles. The van der Waals surface area contributed by atoms with Gasteiger partial charge in [0.15, 0.2) is 9.84 Å². The van der Waals surface area contributed by atoms with Gasteiger partial charge in [-0.2, -0.15) is 0 Å². The maximum atomic E-state index is 12.4. The normalized spacial score (nSPS) is 22.8. The number of amides is 1. The number of likely N-dealkylation sites (N-methyl/N-ethyl adjacent to an activating group) is 1. The quantitative estimate of drug-likeness (QED) is 0.821. The van der Waals surface area contributed by atoms with Crippen molar-refractivity contribution in [3.63, 3.8) is 0 Å². The molecule has 0 aromatic carbocycles. The van der Waals surface area contributed by atoms with Crippen LogP contribution in [0.4, 0.5) is 0 Å². The van der Waals surface area contributed by atoms with E-state index in [9.17, 15) is 23.1 Å². The van der Waals surface area contributed by atoms with E-state index in [2.05, 4.69) is 0 Å². The van der Waals surface area contributed by atoms with Crippen molar-refractivity contribution in [3.05, 3.63) is 0 Å². The van der Waals surface area contributed by atoms with Crippen LogP contribution in [0.5, 0.6) is 0 Å². The first-order chi connectivity index (χ1) is 8.64. The molecule has 1 atom stereocenters.